The van der Waals surface area contributed by atoms with Crippen molar-refractivity contribution in [3.8, 4) is 22.8 Å². The molecule has 0 aliphatic rings. The number of aromatic nitrogens is 1. The van der Waals surface area contributed by atoms with Crippen molar-refractivity contribution in [2.24, 2.45) is 0 Å². The van der Waals surface area contributed by atoms with E-state index in [2.05, 4.69) is 43.2 Å². The van der Waals surface area contributed by atoms with E-state index in [1.54, 1.807) is 7.11 Å². The van der Waals surface area contributed by atoms with Gasteiger partial charge < -0.3 is 14.8 Å². The number of carbonyl (C=O) groups excluding carboxylic acids is 1. The number of hydrogen-bond donors (Lipinski definition) is 1. The largest absolute Gasteiger partial charge is 0.497 e. The molecule has 0 aliphatic heterocycles. The third-order valence-electron chi connectivity index (χ3n) is 4.65. The van der Waals surface area contributed by atoms with E-state index < -0.39 is 0 Å². The lowest BCUT2D eigenvalue weighted by atomic mass is 9.87. The molecular weight excluding hydrogens is 396 g/mol. The predicted molar refractivity (Wildman–Crippen MR) is 123 cm³/mol. The third kappa shape index (κ3) is 6.07. The average molecular weight is 425 g/mol. The van der Waals surface area contributed by atoms with Crippen molar-refractivity contribution in [2.45, 2.75) is 39.0 Å². The first-order valence-electron chi connectivity index (χ1n) is 9.98. The van der Waals surface area contributed by atoms with Crippen LogP contribution >= 0.6 is 11.3 Å². The van der Waals surface area contributed by atoms with Crippen LogP contribution in [0.25, 0.3) is 11.3 Å². The molecule has 0 radical (unpaired) electrons. The van der Waals surface area contributed by atoms with Crippen molar-refractivity contribution in [1.29, 1.82) is 0 Å². The minimum absolute atomic E-state index is 0.0618. The predicted octanol–water partition coefficient (Wildman–Crippen LogP) is 5.91. The summed E-state index contributed by atoms with van der Waals surface area (Å²) < 4.78 is 11.0. The van der Waals surface area contributed by atoms with Gasteiger partial charge in [-0.3, -0.25) is 4.79 Å². The molecular formula is C24H28N2O3S. The molecule has 1 aromatic heterocycles. The molecule has 6 heteroatoms. The Kier molecular flexibility index (Phi) is 7.11. The molecule has 1 N–H and O–H groups in total. The van der Waals surface area contributed by atoms with Gasteiger partial charge in [0.25, 0.3) is 0 Å². The maximum Gasteiger partial charge on any atom is 0.226 e. The highest BCUT2D eigenvalue weighted by Crippen LogP contribution is 2.27. The third-order valence-corrected chi connectivity index (χ3v) is 5.41. The maximum absolute atomic E-state index is 12.2. The van der Waals surface area contributed by atoms with Crippen LogP contribution in [0.2, 0.25) is 0 Å². The standard InChI is InChI=1S/C24H28N2O3S/c1-24(2,3)18-10-12-19(13-11-18)29-14-6-9-22(27)26-23-25-21(16-30-23)17-7-5-8-20(15-17)28-4/h5,7-8,10-13,15-16H,6,9,14H2,1-4H3,(H,25,26,27). The lowest BCUT2D eigenvalue weighted by Gasteiger charge is -2.19. The smallest absolute Gasteiger partial charge is 0.226 e. The Labute approximate surface area is 182 Å². The van der Waals surface area contributed by atoms with Gasteiger partial charge in [0.15, 0.2) is 5.13 Å². The second kappa shape index (κ2) is 9.76. The van der Waals surface area contributed by atoms with Gasteiger partial charge in [0.05, 0.1) is 19.4 Å². The minimum atomic E-state index is -0.0618. The van der Waals surface area contributed by atoms with Crippen molar-refractivity contribution >= 4 is 22.4 Å². The monoisotopic (exact) mass is 424 g/mol. The molecule has 0 bridgehead atoms. The number of nitrogens with zero attached hydrogens (tertiary/aromatic N) is 1. The van der Waals surface area contributed by atoms with Crippen molar-refractivity contribution in [1.82, 2.24) is 4.98 Å². The normalized spacial score (nSPS) is 11.2. The summed E-state index contributed by atoms with van der Waals surface area (Å²) in [5.41, 5.74) is 3.16. The molecule has 0 saturated heterocycles. The second-order valence-corrected chi connectivity index (χ2v) is 8.90. The molecule has 30 heavy (non-hydrogen) atoms. The Hall–Kier alpha value is -2.86. The summed E-state index contributed by atoms with van der Waals surface area (Å²) in [7, 11) is 1.64. The van der Waals surface area contributed by atoms with Crippen molar-refractivity contribution < 1.29 is 14.3 Å². The molecule has 1 heterocycles. The molecule has 3 aromatic rings. The number of hydrogen-bond acceptors (Lipinski definition) is 5. The zero-order chi connectivity index (χ0) is 21.6. The quantitative estimate of drug-likeness (QED) is 0.456. The molecule has 0 saturated carbocycles. The van der Waals surface area contributed by atoms with Crippen LogP contribution in [-0.4, -0.2) is 24.6 Å². The summed E-state index contributed by atoms with van der Waals surface area (Å²) in [4.78, 5) is 16.7. The Morgan fingerprint density at radius 1 is 1.10 bits per heavy atom. The number of rotatable bonds is 8. The summed E-state index contributed by atoms with van der Waals surface area (Å²) in [6, 6.07) is 15.8. The molecule has 0 atom stereocenters. The van der Waals surface area contributed by atoms with Crippen LogP contribution in [0, 0.1) is 0 Å². The summed E-state index contributed by atoms with van der Waals surface area (Å²) in [6.45, 7) is 7.05. The average Bonchev–Trinajstić information content (AvgIpc) is 3.19. The van der Waals surface area contributed by atoms with E-state index in [-0.39, 0.29) is 11.3 Å². The van der Waals surface area contributed by atoms with Crippen molar-refractivity contribution in [2.75, 3.05) is 19.0 Å². The van der Waals surface area contributed by atoms with Gasteiger partial charge in [-0.05, 0) is 41.7 Å². The van der Waals surface area contributed by atoms with Gasteiger partial charge >= 0.3 is 0 Å². The summed E-state index contributed by atoms with van der Waals surface area (Å²) in [5.74, 6) is 1.54. The van der Waals surface area contributed by atoms with Crippen molar-refractivity contribution in [3.05, 3.63) is 59.5 Å². The lowest BCUT2D eigenvalue weighted by Crippen LogP contribution is -2.13. The summed E-state index contributed by atoms with van der Waals surface area (Å²) in [5, 5.41) is 5.38. The Morgan fingerprint density at radius 3 is 2.57 bits per heavy atom. The number of carbonyl (C=O) groups is 1. The van der Waals surface area contributed by atoms with E-state index in [1.165, 1.54) is 16.9 Å². The van der Waals surface area contributed by atoms with Gasteiger partial charge in [-0.25, -0.2) is 4.98 Å². The lowest BCUT2D eigenvalue weighted by molar-refractivity contribution is -0.116. The summed E-state index contributed by atoms with van der Waals surface area (Å²) in [6.07, 6.45) is 1.02. The first-order valence-corrected chi connectivity index (χ1v) is 10.9. The van der Waals surface area contributed by atoms with E-state index in [9.17, 15) is 4.79 Å². The highest BCUT2D eigenvalue weighted by atomic mass is 32.1. The number of benzene rings is 2. The first-order chi connectivity index (χ1) is 14.3. The van der Waals surface area contributed by atoms with E-state index in [0.717, 1.165) is 22.8 Å². The number of anilines is 1. The number of ether oxygens (including phenoxy) is 2. The first kappa shape index (κ1) is 21.8. The highest BCUT2D eigenvalue weighted by Gasteiger charge is 2.13. The van der Waals surface area contributed by atoms with Gasteiger partial charge in [-0.15, -0.1) is 11.3 Å². The topological polar surface area (TPSA) is 60.5 Å². The van der Waals surface area contributed by atoms with Crippen LogP contribution < -0.4 is 14.8 Å². The van der Waals surface area contributed by atoms with E-state index in [1.807, 2.05) is 41.8 Å². The molecule has 158 valence electrons. The van der Waals surface area contributed by atoms with Gasteiger partial charge in [0.1, 0.15) is 11.5 Å². The van der Waals surface area contributed by atoms with Gasteiger partial charge in [-0.2, -0.15) is 0 Å². The maximum atomic E-state index is 12.2. The van der Waals surface area contributed by atoms with Gasteiger partial charge in [0, 0.05) is 17.4 Å². The zero-order valence-electron chi connectivity index (χ0n) is 17.9. The van der Waals surface area contributed by atoms with Gasteiger partial charge in [-0.1, -0.05) is 45.0 Å². The molecule has 0 fully saturated rings. The molecule has 0 unspecified atom stereocenters. The van der Waals surface area contributed by atoms with Crippen molar-refractivity contribution in [3.63, 3.8) is 0 Å². The molecule has 3 rings (SSSR count). The van der Waals surface area contributed by atoms with E-state index >= 15 is 0 Å². The van der Waals surface area contributed by atoms with Crippen LogP contribution in [-0.2, 0) is 10.2 Å². The molecule has 0 spiro atoms. The minimum Gasteiger partial charge on any atom is -0.497 e. The molecule has 0 aliphatic carbocycles. The Balaban J connectivity index is 1.43. The van der Waals surface area contributed by atoms with Gasteiger partial charge in [0.2, 0.25) is 5.91 Å². The fourth-order valence-electron chi connectivity index (χ4n) is 2.90. The second-order valence-electron chi connectivity index (χ2n) is 8.04. The molecule has 5 nitrogen and oxygen atoms in total. The Morgan fingerprint density at radius 2 is 1.87 bits per heavy atom. The number of nitrogens with one attached hydrogen (secondary N) is 1. The highest BCUT2D eigenvalue weighted by molar-refractivity contribution is 7.14. The molecule has 1 amide bonds. The summed E-state index contributed by atoms with van der Waals surface area (Å²) >= 11 is 1.41. The fraction of sp³-hybridized carbons (Fsp3) is 0.333. The zero-order valence-corrected chi connectivity index (χ0v) is 18.7. The van der Waals surface area contributed by atoms with E-state index in [4.69, 9.17) is 9.47 Å². The van der Waals surface area contributed by atoms with Crippen LogP contribution in [0.3, 0.4) is 0 Å². The van der Waals surface area contributed by atoms with Crippen LogP contribution in [0.5, 0.6) is 11.5 Å². The fourth-order valence-corrected chi connectivity index (χ4v) is 3.64. The molecule has 2 aromatic carbocycles. The SMILES string of the molecule is COc1cccc(-c2csc(NC(=O)CCCOc3ccc(C(C)(C)C)cc3)n2)c1. The Bertz CT molecular complexity index is 975. The number of methoxy groups -OCH3 is 1. The van der Waals surface area contributed by atoms with Crippen LogP contribution in [0.1, 0.15) is 39.2 Å². The number of thiazole rings is 1. The van der Waals surface area contributed by atoms with Crippen LogP contribution in [0.4, 0.5) is 5.13 Å². The number of amides is 1. The van der Waals surface area contributed by atoms with Crippen LogP contribution in [0.15, 0.2) is 53.9 Å². The van der Waals surface area contributed by atoms with E-state index in [0.29, 0.717) is 24.6 Å².